The number of carbonyl (C=O) groups excluding carboxylic acids is 2. The summed E-state index contributed by atoms with van der Waals surface area (Å²) in [7, 11) is 1.78. The van der Waals surface area contributed by atoms with Gasteiger partial charge in [-0.3, -0.25) is 9.59 Å². The van der Waals surface area contributed by atoms with Crippen molar-refractivity contribution in [3.8, 4) is 0 Å². The van der Waals surface area contributed by atoms with Gasteiger partial charge in [0.2, 0.25) is 11.8 Å². The fourth-order valence-electron chi connectivity index (χ4n) is 2.75. The van der Waals surface area contributed by atoms with Crippen LogP contribution in [-0.4, -0.2) is 41.8 Å². The van der Waals surface area contributed by atoms with E-state index >= 15 is 0 Å². The first-order valence-corrected chi connectivity index (χ1v) is 7.64. The molecule has 1 aromatic rings. The van der Waals surface area contributed by atoms with Crippen molar-refractivity contribution >= 4 is 11.8 Å². The zero-order chi connectivity index (χ0) is 15.5. The summed E-state index contributed by atoms with van der Waals surface area (Å²) in [5, 5.41) is 0. The van der Waals surface area contributed by atoms with Crippen molar-refractivity contribution in [2.45, 2.75) is 33.2 Å². The first-order chi connectivity index (χ1) is 10.0. The molecule has 0 N–H and O–H groups in total. The molecule has 0 bridgehead atoms. The van der Waals surface area contributed by atoms with Crippen molar-refractivity contribution in [1.29, 1.82) is 0 Å². The first kappa shape index (κ1) is 15.5. The van der Waals surface area contributed by atoms with Crippen molar-refractivity contribution in [3.63, 3.8) is 0 Å². The van der Waals surface area contributed by atoms with Crippen molar-refractivity contribution in [1.82, 2.24) is 9.80 Å². The van der Waals surface area contributed by atoms with E-state index in [0.717, 1.165) is 5.56 Å². The van der Waals surface area contributed by atoms with Crippen molar-refractivity contribution < 1.29 is 9.59 Å². The molecule has 114 valence electrons. The minimum atomic E-state index is -0.782. The van der Waals surface area contributed by atoms with E-state index in [-0.39, 0.29) is 11.8 Å². The molecule has 0 heterocycles. The third-order valence-corrected chi connectivity index (χ3v) is 4.23. The Labute approximate surface area is 126 Å². The summed E-state index contributed by atoms with van der Waals surface area (Å²) >= 11 is 0. The maximum absolute atomic E-state index is 12.7. The van der Waals surface area contributed by atoms with Gasteiger partial charge in [-0.25, -0.2) is 0 Å². The molecule has 1 aliphatic carbocycles. The monoisotopic (exact) mass is 288 g/mol. The van der Waals surface area contributed by atoms with Crippen molar-refractivity contribution in [2.75, 3.05) is 20.1 Å². The van der Waals surface area contributed by atoms with Crippen LogP contribution in [0.4, 0.5) is 0 Å². The van der Waals surface area contributed by atoms with Crippen LogP contribution in [0.2, 0.25) is 0 Å². The quantitative estimate of drug-likeness (QED) is 0.754. The molecule has 0 spiro atoms. The average molecular weight is 288 g/mol. The van der Waals surface area contributed by atoms with Crippen LogP contribution in [0.1, 0.15) is 32.3 Å². The number of benzene rings is 1. The van der Waals surface area contributed by atoms with Crippen molar-refractivity contribution in [3.05, 3.63) is 35.9 Å². The number of hydrogen-bond donors (Lipinski definition) is 0. The molecule has 2 amide bonds. The van der Waals surface area contributed by atoms with Crippen LogP contribution in [0.3, 0.4) is 0 Å². The van der Waals surface area contributed by atoms with E-state index < -0.39 is 5.41 Å². The molecule has 0 unspecified atom stereocenters. The van der Waals surface area contributed by atoms with E-state index in [4.69, 9.17) is 0 Å². The fraction of sp³-hybridized carbons (Fsp3) is 0.529. The van der Waals surface area contributed by atoms with Crippen LogP contribution < -0.4 is 0 Å². The Bertz CT molecular complexity index is 505. The second-order valence-electron chi connectivity index (χ2n) is 5.71. The van der Waals surface area contributed by atoms with Gasteiger partial charge in [0.25, 0.3) is 0 Å². The maximum atomic E-state index is 12.7. The Balaban J connectivity index is 2.06. The third kappa shape index (κ3) is 3.09. The van der Waals surface area contributed by atoms with Crippen LogP contribution in [0.15, 0.2) is 30.3 Å². The Morgan fingerprint density at radius 2 is 1.62 bits per heavy atom. The number of rotatable bonds is 6. The third-order valence-electron chi connectivity index (χ3n) is 4.23. The molecule has 21 heavy (non-hydrogen) atoms. The molecule has 1 aromatic carbocycles. The lowest BCUT2D eigenvalue weighted by atomic mass is 10.0. The Kier molecular flexibility index (Phi) is 4.66. The Hall–Kier alpha value is -1.84. The van der Waals surface area contributed by atoms with Gasteiger partial charge < -0.3 is 9.80 Å². The van der Waals surface area contributed by atoms with E-state index in [1.807, 2.05) is 44.2 Å². The molecule has 4 heteroatoms. The molecule has 0 atom stereocenters. The van der Waals surface area contributed by atoms with Crippen molar-refractivity contribution in [2.24, 2.45) is 5.41 Å². The summed E-state index contributed by atoms with van der Waals surface area (Å²) < 4.78 is 0. The Morgan fingerprint density at radius 3 is 2.10 bits per heavy atom. The zero-order valence-electron chi connectivity index (χ0n) is 13.1. The number of carbonyl (C=O) groups is 2. The molecular formula is C17H24N2O2. The van der Waals surface area contributed by atoms with Crippen LogP contribution in [0.25, 0.3) is 0 Å². The molecule has 2 rings (SSSR count). The second-order valence-corrected chi connectivity index (χ2v) is 5.71. The molecule has 4 nitrogen and oxygen atoms in total. The molecule has 0 radical (unpaired) electrons. The Morgan fingerprint density at radius 1 is 1.05 bits per heavy atom. The highest BCUT2D eigenvalue weighted by Gasteiger charge is 2.58. The summed E-state index contributed by atoms with van der Waals surface area (Å²) in [6.45, 7) is 5.78. The second kappa shape index (κ2) is 6.29. The highest BCUT2D eigenvalue weighted by molar-refractivity contribution is 6.07. The van der Waals surface area contributed by atoms with Gasteiger partial charge in [0, 0.05) is 26.7 Å². The van der Waals surface area contributed by atoms with Gasteiger partial charge in [-0.05, 0) is 32.3 Å². The summed E-state index contributed by atoms with van der Waals surface area (Å²) in [4.78, 5) is 28.7. The lowest BCUT2D eigenvalue weighted by molar-refractivity contribution is -0.148. The summed E-state index contributed by atoms with van der Waals surface area (Å²) in [5.74, 6) is -0.0411. The molecule has 1 aliphatic rings. The molecular weight excluding hydrogens is 264 g/mol. The minimum Gasteiger partial charge on any atom is -0.342 e. The van der Waals surface area contributed by atoms with Crippen LogP contribution in [-0.2, 0) is 16.1 Å². The normalized spacial score (nSPS) is 15.4. The first-order valence-electron chi connectivity index (χ1n) is 7.64. The topological polar surface area (TPSA) is 40.6 Å². The molecule has 0 saturated heterocycles. The standard InChI is InChI=1S/C17H24N2O2/c1-4-19(5-2)16(21)17(11-12-17)15(20)18(3)13-14-9-7-6-8-10-14/h6-10H,4-5,11-13H2,1-3H3. The smallest absolute Gasteiger partial charge is 0.238 e. The number of nitrogens with zero attached hydrogens (tertiary/aromatic N) is 2. The SMILES string of the molecule is CCN(CC)C(=O)C1(C(=O)N(C)Cc2ccccc2)CC1. The highest BCUT2D eigenvalue weighted by atomic mass is 16.2. The zero-order valence-corrected chi connectivity index (χ0v) is 13.1. The summed E-state index contributed by atoms with van der Waals surface area (Å²) in [5.41, 5.74) is 0.301. The van der Waals surface area contributed by atoms with E-state index in [1.165, 1.54) is 0 Å². The molecule has 1 fully saturated rings. The summed E-state index contributed by atoms with van der Waals surface area (Å²) in [6.07, 6.45) is 1.36. The van der Waals surface area contributed by atoms with Crippen LogP contribution >= 0.6 is 0 Å². The highest BCUT2D eigenvalue weighted by Crippen LogP contribution is 2.48. The van der Waals surface area contributed by atoms with Crippen LogP contribution in [0, 0.1) is 5.41 Å². The van der Waals surface area contributed by atoms with E-state index in [2.05, 4.69) is 0 Å². The lowest BCUT2D eigenvalue weighted by Gasteiger charge is -2.28. The van der Waals surface area contributed by atoms with Gasteiger partial charge in [-0.2, -0.15) is 0 Å². The van der Waals surface area contributed by atoms with Crippen LogP contribution in [0.5, 0.6) is 0 Å². The van der Waals surface area contributed by atoms with Gasteiger partial charge in [-0.1, -0.05) is 30.3 Å². The van der Waals surface area contributed by atoms with Gasteiger partial charge in [0.05, 0.1) is 0 Å². The number of hydrogen-bond acceptors (Lipinski definition) is 2. The van der Waals surface area contributed by atoms with Gasteiger partial charge >= 0.3 is 0 Å². The summed E-state index contributed by atoms with van der Waals surface area (Å²) in [6, 6.07) is 9.87. The van der Waals surface area contributed by atoms with E-state index in [1.54, 1.807) is 16.8 Å². The molecule has 1 saturated carbocycles. The maximum Gasteiger partial charge on any atom is 0.238 e. The molecule has 0 aliphatic heterocycles. The predicted molar refractivity (Wildman–Crippen MR) is 82.5 cm³/mol. The average Bonchev–Trinajstić information content (AvgIpc) is 3.30. The molecule has 0 aromatic heterocycles. The van der Waals surface area contributed by atoms with Gasteiger partial charge in [0.15, 0.2) is 0 Å². The fourth-order valence-corrected chi connectivity index (χ4v) is 2.75. The van der Waals surface area contributed by atoms with E-state index in [0.29, 0.717) is 32.5 Å². The minimum absolute atomic E-state index is 0.00240. The predicted octanol–water partition coefficient (Wildman–Crippen LogP) is 2.29. The number of amides is 2. The van der Waals surface area contributed by atoms with Gasteiger partial charge in [0.1, 0.15) is 5.41 Å². The largest absolute Gasteiger partial charge is 0.342 e. The lowest BCUT2D eigenvalue weighted by Crippen LogP contribution is -2.45. The van der Waals surface area contributed by atoms with Gasteiger partial charge in [-0.15, -0.1) is 0 Å². The van der Waals surface area contributed by atoms with E-state index in [9.17, 15) is 9.59 Å².